The molecule has 0 aliphatic heterocycles. The van der Waals surface area contributed by atoms with Crippen LogP contribution in [0.5, 0.6) is 5.88 Å². The van der Waals surface area contributed by atoms with E-state index in [1.165, 1.54) is 0 Å². The smallest absolute Gasteiger partial charge is 0.218 e. The van der Waals surface area contributed by atoms with Crippen molar-refractivity contribution in [2.24, 2.45) is 10.2 Å². The number of azo groups is 1. The van der Waals surface area contributed by atoms with Gasteiger partial charge in [-0.3, -0.25) is 0 Å². The minimum absolute atomic E-state index is 0.139. The predicted octanol–water partition coefficient (Wildman–Crippen LogP) is 6.02. The first-order valence-electron chi connectivity index (χ1n) is 6.44. The zero-order valence-corrected chi connectivity index (χ0v) is 14.1. The summed E-state index contributed by atoms with van der Waals surface area (Å²) in [6.07, 6.45) is 0. The summed E-state index contributed by atoms with van der Waals surface area (Å²) >= 11 is 12.7. The Morgan fingerprint density at radius 2 is 1.92 bits per heavy atom. The van der Waals surface area contributed by atoms with E-state index in [1.807, 2.05) is 0 Å². The number of aromatic amines is 1. The quantitative estimate of drug-likeness (QED) is 0.215. The molecule has 0 saturated heterocycles. The fourth-order valence-corrected chi connectivity index (χ4v) is 2.86. The molecule has 3 N–H and O–H groups in total. The monoisotopic (exact) mass is 385 g/mol. The average molecular weight is 386 g/mol. The van der Waals surface area contributed by atoms with Crippen molar-refractivity contribution in [3.8, 4) is 5.88 Å². The lowest BCUT2D eigenvalue weighted by Crippen LogP contribution is -1.78. The van der Waals surface area contributed by atoms with E-state index in [9.17, 15) is 5.11 Å². The topological polar surface area (TPSA) is 99.4 Å². The van der Waals surface area contributed by atoms with Gasteiger partial charge in [0.25, 0.3) is 0 Å². The minimum atomic E-state index is -0.139. The number of halogens is 2. The number of rotatable bonds is 5. The summed E-state index contributed by atoms with van der Waals surface area (Å²) in [6.45, 7) is 0. The molecule has 1 aromatic heterocycles. The van der Waals surface area contributed by atoms with Crippen LogP contribution in [0.3, 0.4) is 0 Å². The molecule has 0 radical (unpaired) electrons. The molecule has 0 unspecified atom stereocenters. The van der Waals surface area contributed by atoms with E-state index in [2.05, 4.69) is 24.6 Å². The molecular formula is C14H9Cl2N3O4S. The highest BCUT2D eigenvalue weighted by Crippen LogP contribution is 2.39. The highest BCUT2D eigenvalue weighted by Gasteiger charge is 2.12. The van der Waals surface area contributed by atoms with E-state index in [0.29, 0.717) is 31.5 Å². The summed E-state index contributed by atoms with van der Waals surface area (Å²) in [5.74, 6) is -0.139. The lowest BCUT2D eigenvalue weighted by atomic mass is 10.2. The van der Waals surface area contributed by atoms with Gasteiger partial charge in [0.1, 0.15) is 5.69 Å². The van der Waals surface area contributed by atoms with Crippen molar-refractivity contribution in [1.29, 1.82) is 0 Å². The SMILES string of the molecule is OOOSc1ccc2[nH]c(O)c(N=Nc3ccc(Cl)cc3Cl)c2c1. The Labute approximate surface area is 149 Å². The second-order valence-corrected chi connectivity index (χ2v) is 6.17. The van der Waals surface area contributed by atoms with Crippen LogP contribution in [0, 0.1) is 0 Å². The molecule has 3 aromatic rings. The van der Waals surface area contributed by atoms with Gasteiger partial charge in [0.05, 0.1) is 22.6 Å². The third kappa shape index (κ3) is 3.64. The van der Waals surface area contributed by atoms with Crippen LogP contribution in [0.25, 0.3) is 10.9 Å². The van der Waals surface area contributed by atoms with Crippen molar-refractivity contribution in [2.75, 3.05) is 0 Å². The van der Waals surface area contributed by atoms with E-state index >= 15 is 0 Å². The number of aromatic nitrogens is 1. The molecule has 24 heavy (non-hydrogen) atoms. The molecule has 0 atom stereocenters. The van der Waals surface area contributed by atoms with Crippen molar-refractivity contribution in [2.45, 2.75) is 4.90 Å². The Morgan fingerprint density at radius 1 is 1.08 bits per heavy atom. The van der Waals surface area contributed by atoms with E-state index < -0.39 is 0 Å². The molecule has 0 saturated carbocycles. The van der Waals surface area contributed by atoms with Crippen molar-refractivity contribution < 1.29 is 19.7 Å². The number of hydrogen-bond donors (Lipinski definition) is 3. The molecule has 0 spiro atoms. The van der Waals surface area contributed by atoms with Gasteiger partial charge in [0.2, 0.25) is 5.88 Å². The molecule has 0 bridgehead atoms. The lowest BCUT2D eigenvalue weighted by Gasteiger charge is -1.99. The van der Waals surface area contributed by atoms with Gasteiger partial charge < -0.3 is 10.1 Å². The Morgan fingerprint density at radius 3 is 2.67 bits per heavy atom. The molecule has 0 aliphatic rings. The van der Waals surface area contributed by atoms with E-state index in [4.69, 9.17) is 28.5 Å². The van der Waals surface area contributed by atoms with E-state index in [0.717, 1.165) is 12.0 Å². The van der Waals surface area contributed by atoms with Gasteiger partial charge in [0, 0.05) is 15.3 Å². The largest absolute Gasteiger partial charge is 0.493 e. The number of nitrogens with one attached hydrogen (secondary N) is 1. The highest BCUT2D eigenvalue weighted by atomic mass is 35.5. The van der Waals surface area contributed by atoms with E-state index in [1.54, 1.807) is 36.4 Å². The van der Waals surface area contributed by atoms with Crippen molar-refractivity contribution in [3.05, 3.63) is 46.4 Å². The normalized spacial score (nSPS) is 11.6. The molecule has 124 valence electrons. The van der Waals surface area contributed by atoms with Gasteiger partial charge >= 0.3 is 0 Å². The Bertz CT molecular complexity index is 916. The molecule has 0 fully saturated rings. The van der Waals surface area contributed by atoms with Crippen LogP contribution in [0.1, 0.15) is 0 Å². The van der Waals surface area contributed by atoms with Gasteiger partial charge in [-0.2, -0.15) is 0 Å². The van der Waals surface area contributed by atoms with Crippen LogP contribution >= 0.6 is 35.2 Å². The third-order valence-corrected chi connectivity index (χ3v) is 4.16. The summed E-state index contributed by atoms with van der Waals surface area (Å²) in [7, 11) is 0. The van der Waals surface area contributed by atoms with Crippen molar-refractivity contribution >= 4 is 57.5 Å². The second-order valence-electron chi connectivity index (χ2n) is 4.55. The summed E-state index contributed by atoms with van der Waals surface area (Å²) in [4.78, 5) is 3.41. The average Bonchev–Trinajstić information content (AvgIpc) is 2.87. The zero-order chi connectivity index (χ0) is 17.1. The fourth-order valence-electron chi connectivity index (χ4n) is 2.02. The van der Waals surface area contributed by atoms with Crippen LogP contribution in [-0.4, -0.2) is 15.3 Å². The molecule has 0 amide bonds. The number of hydrogen-bond acceptors (Lipinski definition) is 7. The summed E-state index contributed by atoms with van der Waals surface area (Å²) in [6, 6.07) is 9.91. The Balaban J connectivity index is 1.98. The fraction of sp³-hybridized carbons (Fsp3) is 0. The van der Waals surface area contributed by atoms with Crippen LogP contribution in [0.4, 0.5) is 11.4 Å². The summed E-state index contributed by atoms with van der Waals surface area (Å²) in [5, 5.41) is 31.3. The molecule has 1 heterocycles. The summed E-state index contributed by atoms with van der Waals surface area (Å²) < 4.78 is 4.39. The Hall–Kier alpha value is -1.81. The van der Waals surface area contributed by atoms with Crippen molar-refractivity contribution in [1.82, 2.24) is 4.98 Å². The maximum atomic E-state index is 10.0. The number of benzene rings is 2. The first kappa shape index (κ1) is 17.0. The van der Waals surface area contributed by atoms with Gasteiger partial charge in [-0.25, -0.2) is 5.26 Å². The zero-order valence-electron chi connectivity index (χ0n) is 11.7. The van der Waals surface area contributed by atoms with Gasteiger partial charge in [0.15, 0.2) is 5.69 Å². The Kier molecular flexibility index (Phi) is 5.24. The number of fused-ring (bicyclic) bond motifs is 1. The molecule has 3 rings (SSSR count). The second kappa shape index (κ2) is 7.39. The number of H-pyrrole nitrogens is 1. The molecule has 10 heteroatoms. The standard InChI is InChI=1S/C14H9Cl2N3O4S/c15-7-1-3-12(10(16)5-7)18-19-13-9-6-8(24-23-22-21)2-4-11(9)17-14(13)20/h1-6,17,20-21H. The van der Waals surface area contributed by atoms with Crippen LogP contribution < -0.4 is 0 Å². The van der Waals surface area contributed by atoms with Gasteiger partial charge in [-0.1, -0.05) is 28.2 Å². The maximum absolute atomic E-state index is 10.0. The third-order valence-electron chi connectivity index (χ3n) is 3.05. The predicted molar refractivity (Wildman–Crippen MR) is 91.3 cm³/mol. The first-order valence-corrected chi connectivity index (χ1v) is 7.94. The maximum Gasteiger partial charge on any atom is 0.218 e. The van der Waals surface area contributed by atoms with Crippen LogP contribution in [0.15, 0.2) is 51.5 Å². The lowest BCUT2D eigenvalue weighted by molar-refractivity contribution is -0.432. The summed E-state index contributed by atoms with van der Waals surface area (Å²) in [5.41, 5.74) is 1.30. The molecule has 0 aliphatic carbocycles. The minimum Gasteiger partial charge on any atom is -0.493 e. The molecule has 2 aromatic carbocycles. The number of nitrogens with zero attached hydrogens (tertiary/aromatic N) is 2. The van der Waals surface area contributed by atoms with Crippen LogP contribution in [-0.2, 0) is 9.37 Å². The van der Waals surface area contributed by atoms with Crippen LogP contribution in [0.2, 0.25) is 10.0 Å². The first-order chi connectivity index (χ1) is 11.6. The highest BCUT2D eigenvalue weighted by molar-refractivity contribution is 7.94. The van der Waals surface area contributed by atoms with Gasteiger partial charge in [-0.15, -0.1) is 14.6 Å². The van der Waals surface area contributed by atoms with Crippen molar-refractivity contribution in [3.63, 3.8) is 0 Å². The molecule has 7 nitrogen and oxygen atoms in total. The van der Waals surface area contributed by atoms with E-state index in [-0.39, 0.29) is 11.6 Å². The molecular weight excluding hydrogens is 377 g/mol. The van der Waals surface area contributed by atoms with Gasteiger partial charge in [-0.05, 0) is 36.4 Å². The number of aromatic hydroxyl groups is 1.